The van der Waals surface area contributed by atoms with E-state index in [9.17, 15) is 0 Å². The molecule has 4 nitrogen and oxygen atoms in total. The van der Waals surface area contributed by atoms with Crippen LogP contribution in [0.25, 0.3) is 0 Å². The maximum absolute atomic E-state index is 5.89. The highest BCUT2D eigenvalue weighted by Crippen LogP contribution is 2.33. The molecule has 1 aliphatic heterocycles. The first-order valence-corrected chi connectivity index (χ1v) is 9.63. The lowest BCUT2D eigenvalue weighted by Gasteiger charge is -2.49. The van der Waals surface area contributed by atoms with Gasteiger partial charge in [0.15, 0.2) is 0 Å². The van der Waals surface area contributed by atoms with E-state index in [0.717, 1.165) is 48.8 Å². The van der Waals surface area contributed by atoms with E-state index in [4.69, 9.17) is 9.40 Å². The van der Waals surface area contributed by atoms with Gasteiger partial charge in [-0.15, -0.1) is 0 Å². The lowest BCUT2D eigenvalue weighted by Crippen LogP contribution is -2.62. The summed E-state index contributed by atoms with van der Waals surface area (Å²) in [6.07, 6.45) is 2.23. The Hall–Kier alpha value is -1.65. The monoisotopic (exact) mass is 355 g/mol. The van der Waals surface area contributed by atoms with E-state index in [0.29, 0.717) is 6.04 Å². The number of nitrogens with zero attached hydrogens (tertiary/aromatic N) is 2. The maximum atomic E-state index is 5.89. The van der Waals surface area contributed by atoms with Gasteiger partial charge in [-0.2, -0.15) is 0 Å². The SMILES string of the molecule is Cc1cccc(CN(Cc2ccc(C)o2)C2CC(C)(C)NC(C)(C)C2)n1. The van der Waals surface area contributed by atoms with Gasteiger partial charge in [0.05, 0.1) is 12.2 Å². The summed E-state index contributed by atoms with van der Waals surface area (Å²) in [5.74, 6) is 2.00. The molecule has 2 aromatic rings. The summed E-state index contributed by atoms with van der Waals surface area (Å²) in [6.45, 7) is 15.0. The van der Waals surface area contributed by atoms with Gasteiger partial charge in [-0.3, -0.25) is 9.88 Å². The third kappa shape index (κ3) is 4.95. The number of aromatic nitrogens is 1. The van der Waals surface area contributed by atoms with Crippen molar-refractivity contribution in [1.82, 2.24) is 15.2 Å². The van der Waals surface area contributed by atoms with Crippen LogP contribution in [-0.2, 0) is 13.1 Å². The van der Waals surface area contributed by atoms with Crippen LogP contribution in [0.1, 0.15) is 63.4 Å². The lowest BCUT2D eigenvalue weighted by molar-refractivity contribution is 0.0513. The van der Waals surface area contributed by atoms with Crippen LogP contribution in [0.4, 0.5) is 0 Å². The number of hydrogen-bond acceptors (Lipinski definition) is 4. The molecule has 0 atom stereocenters. The molecule has 0 saturated carbocycles. The Kier molecular flexibility index (Phi) is 5.27. The van der Waals surface area contributed by atoms with E-state index in [-0.39, 0.29) is 11.1 Å². The summed E-state index contributed by atoms with van der Waals surface area (Å²) in [4.78, 5) is 7.29. The van der Waals surface area contributed by atoms with Gasteiger partial charge < -0.3 is 9.73 Å². The standard InChI is InChI=1S/C22H33N3O/c1-16-8-7-9-18(23-16)14-25(15-20-11-10-17(2)26-20)19-12-21(3,4)24-22(5,6)13-19/h7-11,19,24H,12-15H2,1-6H3. The Morgan fingerprint density at radius 2 is 1.73 bits per heavy atom. The van der Waals surface area contributed by atoms with E-state index < -0.39 is 0 Å². The zero-order valence-corrected chi connectivity index (χ0v) is 17.1. The third-order valence-corrected chi connectivity index (χ3v) is 5.15. The summed E-state index contributed by atoms with van der Waals surface area (Å²) in [6, 6.07) is 10.9. The molecule has 0 bridgehead atoms. The molecule has 2 aromatic heterocycles. The molecule has 3 rings (SSSR count). The highest BCUT2D eigenvalue weighted by atomic mass is 16.3. The van der Waals surface area contributed by atoms with Crippen molar-refractivity contribution in [2.45, 2.75) is 84.6 Å². The maximum Gasteiger partial charge on any atom is 0.118 e. The van der Waals surface area contributed by atoms with E-state index >= 15 is 0 Å². The second-order valence-corrected chi connectivity index (χ2v) is 9.14. The fourth-order valence-corrected chi connectivity index (χ4v) is 4.51. The zero-order valence-electron chi connectivity index (χ0n) is 17.1. The summed E-state index contributed by atoms with van der Waals surface area (Å²) >= 11 is 0. The number of rotatable bonds is 5. The Balaban J connectivity index is 1.86. The van der Waals surface area contributed by atoms with Gasteiger partial charge in [0, 0.05) is 29.4 Å². The fraction of sp³-hybridized carbons (Fsp3) is 0.591. The minimum Gasteiger partial charge on any atom is -0.465 e. The van der Waals surface area contributed by atoms with Crippen molar-refractivity contribution in [2.75, 3.05) is 0 Å². The van der Waals surface area contributed by atoms with Gasteiger partial charge in [0.25, 0.3) is 0 Å². The largest absolute Gasteiger partial charge is 0.465 e. The molecule has 1 fully saturated rings. The van der Waals surface area contributed by atoms with Gasteiger partial charge >= 0.3 is 0 Å². The number of piperidine rings is 1. The Morgan fingerprint density at radius 1 is 1.04 bits per heavy atom. The van der Waals surface area contributed by atoms with E-state index in [2.05, 4.69) is 75.2 Å². The Labute approximate surface area is 158 Å². The summed E-state index contributed by atoms with van der Waals surface area (Å²) < 4.78 is 5.89. The molecule has 0 spiro atoms. The van der Waals surface area contributed by atoms with Crippen LogP contribution in [0.5, 0.6) is 0 Å². The molecule has 1 N–H and O–H groups in total. The number of nitrogens with one attached hydrogen (secondary N) is 1. The molecule has 0 aromatic carbocycles. The lowest BCUT2D eigenvalue weighted by atomic mass is 9.79. The van der Waals surface area contributed by atoms with Gasteiger partial charge in [0.2, 0.25) is 0 Å². The van der Waals surface area contributed by atoms with Crippen LogP contribution in [0, 0.1) is 13.8 Å². The topological polar surface area (TPSA) is 41.3 Å². The number of furan rings is 1. The van der Waals surface area contributed by atoms with Gasteiger partial charge in [-0.25, -0.2) is 0 Å². The average molecular weight is 356 g/mol. The van der Waals surface area contributed by atoms with Crippen molar-refractivity contribution < 1.29 is 4.42 Å². The number of aryl methyl sites for hydroxylation is 2. The number of pyridine rings is 1. The molecule has 1 saturated heterocycles. The number of hydrogen-bond donors (Lipinski definition) is 1. The molecular weight excluding hydrogens is 322 g/mol. The highest BCUT2D eigenvalue weighted by Gasteiger charge is 2.40. The predicted octanol–water partition coefficient (Wildman–Crippen LogP) is 4.60. The van der Waals surface area contributed by atoms with Crippen molar-refractivity contribution in [2.24, 2.45) is 0 Å². The second-order valence-electron chi connectivity index (χ2n) is 9.14. The molecule has 0 unspecified atom stereocenters. The summed E-state index contributed by atoms with van der Waals surface area (Å²) in [5.41, 5.74) is 2.43. The van der Waals surface area contributed by atoms with Crippen LogP contribution < -0.4 is 5.32 Å². The Bertz CT molecular complexity index is 731. The molecule has 0 radical (unpaired) electrons. The van der Waals surface area contributed by atoms with Crippen molar-refractivity contribution >= 4 is 0 Å². The second kappa shape index (κ2) is 7.16. The van der Waals surface area contributed by atoms with Crippen molar-refractivity contribution in [3.63, 3.8) is 0 Å². The van der Waals surface area contributed by atoms with E-state index in [1.807, 2.05) is 6.92 Å². The van der Waals surface area contributed by atoms with Crippen LogP contribution in [0.3, 0.4) is 0 Å². The van der Waals surface area contributed by atoms with Crippen molar-refractivity contribution in [3.8, 4) is 0 Å². The van der Waals surface area contributed by atoms with E-state index in [1.165, 1.54) is 0 Å². The fourth-order valence-electron chi connectivity index (χ4n) is 4.51. The molecular formula is C22H33N3O. The first-order valence-electron chi connectivity index (χ1n) is 9.63. The molecule has 4 heteroatoms. The molecule has 0 aliphatic carbocycles. The van der Waals surface area contributed by atoms with Gasteiger partial charge in [-0.05, 0) is 78.6 Å². The molecule has 0 amide bonds. The summed E-state index contributed by atoms with van der Waals surface area (Å²) in [7, 11) is 0. The first kappa shape index (κ1) is 19.1. The van der Waals surface area contributed by atoms with Crippen molar-refractivity contribution in [1.29, 1.82) is 0 Å². The van der Waals surface area contributed by atoms with Crippen LogP contribution in [-0.4, -0.2) is 27.0 Å². The van der Waals surface area contributed by atoms with Gasteiger partial charge in [0.1, 0.15) is 11.5 Å². The highest BCUT2D eigenvalue weighted by molar-refractivity contribution is 5.12. The van der Waals surface area contributed by atoms with Crippen LogP contribution >= 0.6 is 0 Å². The van der Waals surface area contributed by atoms with Crippen LogP contribution in [0.2, 0.25) is 0 Å². The minimum absolute atomic E-state index is 0.115. The zero-order chi connectivity index (χ0) is 18.9. The molecule has 26 heavy (non-hydrogen) atoms. The first-order chi connectivity index (χ1) is 12.1. The average Bonchev–Trinajstić information content (AvgIpc) is 2.89. The molecule has 3 heterocycles. The van der Waals surface area contributed by atoms with Crippen LogP contribution in [0.15, 0.2) is 34.7 Å². The summed E-state index contributed by atoms with van der Waals surface area (Å²) in [5, 5.41) is 3.79. The smallest absolute Gasteiger partial charge is 0.118 e. The minimum atomic E-state index is 0.115. The molecule has 1 aliphatic rings. The van der Waals surface area contributed by atoms with E-state index in [1.54, 1.807) is 0 Å². The van der Waals surface area contributed by atoms with Gasteiger partial charge in [-0.1, -0.05) is 6.07 Å². The third-order valence-electron chi connectivity index (χ3n) is 5.15. The Morgan fingerprint density at radius 3 is 2.31 bits per heavy atom. The molecule has 142 valence electrons. The normalized spacial score (nSPS) is 19.8. The quantitative estimate of drug-likeness (QED) is 0.851. The van der Waals surface area contributed by atoms with Crippen molar-refractivity contribution in [3.05, 3.63) is 53.2 Å². The predicted molar refractivity (Wildman–Crippen MR) is 106 cm³/mol.